The summed E-state index contributed by atoms with van der Waals surface area (Å²) in [5.74, 6) is -0.324. The SMILES string of the molecule is CN(C)C(=O)c1cc2cnc(Nc3ccc(NC(=O)C4(C(=O)Nc5cccc(Cl)c5)CC4)cc3)nc2n1C1CCCC1. The molecular weight excluding hydrogens is 554 g/mol. The number of hydrogen-bond donors (Lipinski definition) is 3. The number of carbonyl (C=O) groups excluding carboxylic acids is 3. The Bertz CT molecular complexity index is 1670. The van der Waals surface area contributed by atoms with Gasteiger partial charge in [-0.15, -0.1) is 0 Å². The van der Waals surface area contributed by atoms with Crippen molar-refractivity contribution in [2.45, 2.75) is 44.6 Å². The van der Waals surface area contributed by atoms with Crippen LogP contribution in [-0.4, -0.2) is 51.3 Å². The summed E-state index contributed by atoms with van der Waals surface area (Å²) in [6.45, 7) is 0. The van der Waals surface area contributed by atoms with E-state index in [1.807, 2.05) is 18.2 Å². The van der Waals surface area contributed by atoms with Gasteiger partial charge in [-0.1, -0.05) is 30.5 Å². The molecule has 42 heavy (non-hydrogen) atoms. The van der Waals surface area contributed by atoms with Crippen LogP contribution in [-0.2, 0) is 9.59 Å². The fourth-order valence-electron chi connectivity index (χ4n) is 5.51. The van der Waals surface area contributed by atoms with Crippen LogP contribution in [0, 0.1) is 5.41 Å². The molecule has 4 aromatic rings. The first-order chi connectivity index (χ1) is 20.2. The molecular formula is C31H32ClN7O3. The van der Waals surface area contributed by atoms with Crippen LogP contribution >= 0.6 is 11.6 Å². The zero-order chi connectivity index (χ0) is 29.4. The summed E-state index contributed by atoms with van der Waals surface area (Å²) in [4.78, 5) is 49.8. The first kappa shape index (κ1) is 27.7. The molecule has 3 amide bonds. The summed E-state index contributed by atoms with van der Waals surface area (Å²) in [7, 11) is 3.51. The van der Waals surface area contributed by atoms with E-state index in [1.165, 1.54) is 0 Å². The number of aromatic nitrogens is 3. The zero-order valence-corrected chi connectivity index (χ0v) is 24.2. The molecule has 2 aliphatic carbocycles. The van der Waals surface area contributed by atoms with Crippen LogP contribution < -0.4 is 16.0 Å². The predicted octanol–water partition coefficient (Wildman–Crippen LogP) is 6.00. The summed E-state index contributed by atoms with van der Waals surface area (Å²) < 4.78 is 2.08. The third-order valence-corrected chi connectivity index (χ3v) is 8.23. The fourth-order valence-corrected chi connectivity index (χ4v) is 5.70. The monoisotopic (exact) mass is 585 g/mol. The van der Waals surface area contributed by atoms with Gasteiger partial charge in [-0.25, -0.2) is 4.98 Å². The van der Waals surface area contributed by atoms with Crippen molar-refractivity contribution >= 4 is 63.4 Å². The molecule has 216 valence electrons. The van der Waals surface area contributed by atoms with E-state index in [1.54, 1.807) is 61.6 Å². The van der Waals surface area contributed by atoms with Gasteiger partial charge < -0.3 is 25.4 Å². The van der Waals surface area contributed by atoms with Crippen molar-refractivity contribution in [3.05, 3.63) is 71.5 Å². The maximum atomic E-state index is 13.1. The normalized spacial score (nSPS) is 15.8. The largest absolute Gasteiger partial charge is 0.343 e. The number of halogens is 1. The fraction of sp³-hybridized carbons (Fsp3) is 0.323. The molecule has 0 unspecified atom stereocenters. The Morgan fingerprint density at radius 1 is 0.929 bits per heavy atom. The number of benzene rings is 2. The Balaban J connectivity index is 1.15. The standard InChI is InChI=1S/C31H32ClN7O3/c1-38(2)27(40)25-16-19-18-33-30(37-26(19)39(25)24-8-3-4-9-24)36-22-12-10-21(11-13-22)34-28(41)31(14-15-31)29(42)35-23-7-5-6-20(32)17-23/h5-7,10-13,16-18,24H,3-4,8-9,14-15H2,1-2H3,(H,34,41)(H,35,42)(H,33,36,37). The molecule has 0 radical (unpaired) electrons. The molecule has 2 aromatic carbocycles. The number of carbonyl (C=O) groups is 3. The van der Waals surface area contributed by atoms with Crippen molar-refractivity contribution in [3.8, 4) is 0 Å². The van der Waals surface area contributed by atoms with Crippen LogP contribution in [0.4, 0.5) is 23.0 Å². The molecule has 6 rings (SSSR count). The Hall–Kier alpha value is -4.44. The lowest BCUT2D eigenvalue weighted by Crippen LogP contribution is -2.35. The van der Waals surface area contributed by atoms with Crippen molar-refractivity contribution in [1.82, 2.24) is 19.4 Å². The Kier molecular flexibility index (Phi) is 7.32. The van der Waals surface area contributed by atoms with Gasteiger partial charge in [0.15, 0.2) is 0 Å². The minimum atomic E-state index is -1.09. The summed E-state index contributed by atoms with van der Waals surface area (Å²) in [6, 6.07) is 16.1. The number of nitrogens with one attached hydrogen (secondary N) is 3. The van der Waals surface area contributed by atoms with E-state index in [9.17, 15) is 14.4 Å². The van der Waals surface area contributed by atoms with Gasteiger partial charge in [0.05, 0.1) is 0 Å². The van der Waals surface area contributed by atoms with Gasteiger partial charge in [0.25, 0.3) is 5.91 Å². The van der Waals surface area contributed by atoms with Crippen LogP contribution in [0.15, 0.2) is 60.8 Å². The predicted molar refractivity (Wildman–Crippen MR) is 163 cm³/mol. The summed E-state index contributed by atoms with van der Waals surface area (Å²) in [5, 5.41) is 10.2. The first-order valence-corrected chi connectivity index (χ1v) is 14.5. The van der Waals surface area contributed by atoms with Crippen LogP contribution in [0.5, 0.6) is 0 Å². The van der Waals surface area contributed by atoms with Gasteiger partial charge in [-0.2, -0.15) is 4.98 Å². The summed E-state index contributed by atoms with van der Waals surface area (Å²) in [5.41, 5.74) is 2.13. The van der Waals surface area contributed by atoms with Gasteiger partial charge in [-0.3, -0.25) is 14.4 Å². The molecule has 3 N–H and O–H groups in total. The van der Waals surface area contributed by atoms with Gasteiger partial charge in [0, 0.05) is 53.8 Å². The minimum Gasteiger partial charge on any atom is -0.343 e. The number of anilines is 4. The van der Waals surface area contributed by atoms with Crippen molar-refractivity contribution < 1.29 is 14.4 Å². The van der Waals surface area contributed by atoms with E-state index in [-0.39, 0.29) is 23.8 Å². The molecule has 10 nitrogen and oxygen atoms in total. The van der Waals surface area contributed by atoms with Crippen molar-refractivity contribution in [2.75, 3.05) is 30.0 Å². The third kappa shape index (κ3) is 5.42. The maximum absolute atomic E-state index is 13.1. The second kappa shape index (κ2) is 11.1. The topological polar surface area (TPSA) is 121 Å². The molecule has 0 bridgehead atoms. The van der Waals surface area contributed by atoms with Crippen LogP contribution in [0.25, 0.3) is 11.0 Å². The molecule has 2 heterocycles. The summed E-state index contributed by atoms with van der Waals surface area (Å²) in [6.07, 6.45) is 6.99. The Morgan fingerprint density at radius 3 is 2.24 bits per heavy atom. The highest BCUT2D eigenvalue weighted by Gasteiger charge is 2.56. The smallest absolute Gasteiger partial charge is 0.270 e. The second-order valence-corrected chi connectivity index (χ2v) is 11.6. The quantitative estimate of drug-likeness (QED) is 0.218. The molecule has 0 aliphatic heterocycles. The van der Waals surface area contributed by atoms with Crippen molar-refractivity contribution in [1.29, 1.82) is 0 Å². The molecule has 11 heteroatoms. The average molecular weight is 586 g/mol. The molecule has 0 saturated heterocycles. The molecule has 2 saturated carbocycles. The lowest BCUT2D eigenvalue weighted by atomic mass is 10.0. The zero-order valence-electron chi connectivity index (χ0n) is 23.5. The van der Waals surface area contributed by atoms with Crippen molar-refractivity contribution in [2.24, 2.45) is 5.41 Å². The number of hydrogen-bond acceptors (Lipinski definition) is 6. The molecule has 0 spiro atoms. The Labute approximate surface area is 248 Å². The second-order valence-electron chi connectivity index (χ2n) is 11.2. The number of rotatable bonds is 8. The van der Waals surface area contributed by atoms with Gasteiger partial charge >= 0.3 is 0 Å². The lowest BCUT2D eigenvalue weighted by Gasteiger charge is -2.19. The summed E-state index contributed by atoms with van der Waals surface area (Å²) >= 11 is 6.02. The van der Waals surface area contributed by atoms with Crippen LogP contribution in [0.1, 0.15) is 55.1 Å². The van der Waals surface area contributed by atoms with Crippen LogP contribution in [0.2, 0.25) is 5.02 Å². The van der Waals surface area contributed by atoms with E-state index in [0.29, 0.717) is 40.9 Å². The van der Waals surface area contributed by atoms with Crippen molar-refractivity contribution in [3.63, 3.8) is 0 Å². The van der Waals surface area contributed by atoms with E-state index < -0.39 is 5.41 Å². The van der Waals surface area contributed by atoms with Gasteiger partial charge in [-0.05, 0) is 74.2 Å². The lowest BCUT2D eigenvalue weighted by molar-refractivity contribution is -0.131. The third-order valence-electron chi connectivity index (χ3n) is 7.99. The highest BCUT2D eigenvalue weighted by molar-refractivity contribution is 6.31. The number of nitrogens with zero attached hydrogens (tertiary/aromatic N) is 4. The number of amides is 3. The molecule has 2 aromatic heterocycles. The first-order valence-electron chi connectivity index (χ1n) is 14.1. The highest BCUT2D eigenvalue weighted by atomic mass is 35.5. The Morgan fingerprint density at radius 2 is 1.60 bits per heavy atom. The molecule has 2 fully saturated rings. The van der Waals surface area contributed by atoms with E-state index in [2.05, 4.69) is 25.5 Å². The van der Waals surface area contributed by atoms with Gasteiger partial charge in [0.1, 0.15) is 16.8 Å². The van der Waals surface area contributed by atoms with Crippen LogP contribution in [0.3, 0.4) is 0 Å². The van der Waals surface area contributed by atoms with E-state index in [0.717, 1.165) is 42.4 Å². The molecule has 2 aliphatic rings. The van der Waals surface area contributed by atoms with Gasteiger partial charge in [0.2, 0.25) is 17.8 Å². The minimum absolute atomic E-state index is 0.0537. The highest BCUT2D eigenvalue weighted by Crippen LogP contribution is 2.47. The van der Waals surface area contributed by atoms with E-state index in [4.69, 9.17) is 16.6 Å². The van der Waals surface area contributed by atoms with E-state index >= 15 is 0 Å². The number of fused-ring (bicyclic) bond motifs is 1. The maximum Gasteiger partial charge on any atom is 0.270 e. The molecule has 0 atom stereocenters. The average Bonchev–Trinajstić information content (AvgIpc) is 3.45.